The average Bonchev–Trinajstić information content (AvgIpc) is 3.23. The van der Waals surface area contributed by atoms with Crippen molar-refractivity contribution in [1.29, 1.82) is 0 Å². The molecule has 0 radical (unpaired) electrons. The highest BCUT2D eigenvalue weighted by atomic mass is 32.1. The smallest absolute Gasteiger partial charge is 0.279 e. The highest BCUT2D eigenvalue weighted by molar-refractivity contribution is 7.14. The van der Waals surface area contributed by atoms with E-state index in [2.05, 4.69) is 10.9 Å². The summed E-state index contributed by atoms with van der Waals surface area (Å²) in [4.78, 5) is 26.4. The second-order valence-electron chi connectivity index (χ2n) is 6.71. The van der Waals surface area contributed by atoms with E-state index in [0.717, 1.165) is 34.9 Å². The number of benzene rings is 1. The van der Waals surface area contributed by atoms with E-state index in [4.69, 9.17) is 4.42 Å². The maximum atomic E-state index is 12.3. The van der Waals surface area contributed by atoms with Gasteiger partial charge in [-0.05, 0) is 55.9 Å². The van der Waals surface area contributed by atoms with Crippen LogP contribution in [0.25, 0.3) is 11.0 Å². The number of carbonyl (C=O) groups is 2. The fourth-order valence-electron chi connectivity index (χ4n) is 3.34. The summed E-state index contributed by atoms with van der Waals surface area (Å²) < 4.78 is 5.51. The molecule has 26 heavy (non-hydrogen) atoms. The highest BCUT2D eigenvalue weighted by Crippen LogP contribution is 2.29. The molecule has 0 spiro atoms. The van der Waals surface area contributed by atoms with Crippen LogP contribution in [-0.2, 0) is 24.1 Å². The molecular formula is C20H20N2O3S. The Hall–Kier alpha value is -2.60. The Balaban J connectivity index is 1.37. The molecule has 6 heteroatoms. The largest absolute Gasteiger partial charge is 0.464 e. The summed E-state index contributed by atoms with van der Waals surface area (Å²) in [7, 11) is 0. The van der Waals surface area contributed by atoms with Crippen LogP contribution >= 0.6 is 11.3 Å². The lowest BCUT2D eigenvalue weighted by molar-refractivity contribution is -0.121. The van der Waals surface area contributed by atoms with Crippen LogP contribution < -0.4 is 10.9 Å². The summed E-state index contributed by atoms with van der Waals surface area (Å²) in [6, 6.07) is 7.83. The SMILES string of the molecule is Cc1ccc2c(CC(=O)NNC(=O)c3cc4c(s3)CCCC4)coc2c1. The standard InChI is InChI=1S/C20H20N2O3S/c1-12-6-7-15-14(11-25-16(15)8-12)10-19(23)21-22-20(24)18-9-13-4-2-3-5-17(13)26-18/h6-9,11H,2-5,10H2,1H3,(H,21,23)(H,22,24). The van der Waals surface area contributed by atoms with Crippen LogP contribution in [0.5, 0.6) is 0 Å². The predicted octanol–water partition coefficient (Wildman–Crippen LogP) is 3.69. The Bertz CT molecular complexity index is 963. The van der Waals surface area contributed by atoms with E-state index in [-0.39, 0.29) is 18.2 Å². The molecule has 0 atom stereocenters. The number of nitrogens with one attached hydrogen (secondary N) is 2. The Morgan fingerprint density at radius 2 is 2.00 bits per heavy atom. The Kier molecular flexibility index (Phi) is 4.51. The first-order chi connectivity index (χ1) is 12.6. The third kappa shape index (κ3) is 3.37. The number of aryl methyl sites for hydroxylation is 3. The lowest BCUT2D eigenvalue weighted by Gasteiger charge is -2.08. The molecule has 2 heterocycles. The molecule has 1 aliphatic carbocycles. The van der Waals surface area contributed by atoms with Gasteiger partial charge in [0.2, 0.25) is 5.91 Å². The van der Waals surface area contributed by atoms with Crippen LogP contribution in [0.2, 0.25) is 0 Å². The van der Waals surface area contributed by atoms with Gasteiger partial charge < -0.3 is 4.42 Å². The van der Waals surface area contributed by atoms with E-state index < -0.39 is 0 Å². The van der Waals surface area contributed by atoms with Gasteiger partial charge in [-0.1, -0.05) is 12.1 Å². The summed E-state index contributed by atoms with van der Waals surface area (Å²) >= 11 is 1.53. The first-order valence-corrected chi connectivity index (χ1v) is 9.59. The zero-order valence-corrected chi connectivity index (χ0v) is 15.4. The summed E-state index contributed by atoms with van der Waals surface area (Å²) in [5.41, 5.74) is 8.97. The number of hydrogen-bond acceptors (Lipinski definition) is 4. The number of hydrazine groups is 1. The lowest BCUT2D eigenvalue weighted by atomic mass is 9.99. The fourth-order valence-corrected chi connectivity index (χ4v) is 4.48. The van der Waals surface area contributed by atoms with Crippen molar-refractivity contribution < 1.29 is 14.0 Å². The first-order valence-electron chi connectivity index (χ1n) is 8.77. The van der Waals surface area contributed by atoms with Gasteiger partial charge in [0.05, 0.1) is 17.6 Å². The summed E-state index contributed by atoms with van der Waals surface area (Å²) in [6.45, 7) is 1.99. The molecule has 1 aromatic carbocycles. The van der Waals surface area contributed by atoms with Crippen molar-refractivity contribution in [3.8, 4) is 0 Å². The summed E-state index contributed by atoms with van der Waals surface area (Å²) in [5.74, 6) is -0.534. The minimum absolute atomic E-state index is 0.150. The van der Waals surface area contributed by atoms with Gasteiger partial charge in [-0.25, -0.2) is 0 Å². The van der Waals surface area contributed by atoms with Crippen LogP contribution in [0, 0.1) is 6.92 Å². The number of thiophene rings is 1. The van der Waals surface area contributed by atoms with Crippen molar-refractivity contribution in [1.82, 2.24) is 10.9 Å². The van der Waals surface area contributed by atoms with E-state index in [9.17, 15) is 9.59 Å². The second-order valence-corrected chi connectivity index (χ2v) is 7.84. The molecule has 2 aromatic heterocycles. The quantitative estimate of drug-likeness (QED) is 0.693. The summed E-state index contributed by atoms with van der Waals surface area (Å²) in [6.07, 6.45) is 6.20. The lowest BCUT2D eigenvalue weighted by Crippen LogP contribution is -2.42. The maximum Gasteiger partial charge on any atom is 0.279 e. The number of carbonyl (C=O) groups excluding carboxylic acids is 2. The molecular weight excluding hydrogens is 348 g/mol. The van der Waals surface area contributed by atoms with Gasteiger partial charge >= 0.3 is 0 Å². The third-order valence-electron chi connectivity index (χ3n) is 4.70. The summed E-state index contributed by atoms with van der Waals surface area (Å²) in [5, 5.41) is 0.919. The second kappa shape index (κ2) is 6.96. The van der Waals surface area contributed by atoms with Crippen molar-refractivity contribution >= 4 is 34.1 Å². The fraction of sp³-hybridized carbons (Fsp3) is 0.300. The molecule has 0 aliphatic heterocycles. The van der Waals surface area contributed by atoms with Gasteiger partial charge in [-0.15, -0.1) is 11.3 Å². The topological polar surface area (TPSA) is 71.3 Å². The van der Waals surface area contributed by atoms with Crippen LogP contribution in [0.15, 0.2) is 34.9 Å². The molecule has 2 N–H and O–H groups in total. The molecule has 3 aromatic rings. The Morgan fingerprint density at radius 3 is 2.85 bits per heavy atom. The van der Waals surface area contributed by atoms with Crippen molar-refractivity contribution in [2.24, 2.45) is 0 Å². The minimum atomic E-state index is -0.275. The van der Waals surface area contributed by atoms with E-state index in [1.54, 1.807) is 6.26 Å². The van der Waals surface area contributed by atoms with Crippen LogP contribution in [-0.4, -0.2) is 11.8 Å². The van der Waals surface area contributed by atoms with Crippen LogP contribution in [0.1, 0.15) is 44.1 Å². The number of amides is 2. The van der Waals surface area contributed by atoms with Crippen molar-refractivity contribution in [3.63, 3.8) is 0 Å². The monoisotopic (exact) mass is 368 g/mol. The molecule has 2 amide bonds. The molecule has 0 saturated heterocycles. The normalized spacial score (nSPS) is 13.4. The molecule has 0 unspecified atom stereocenters. The number of hydrogen-bond donors (Lipinski definition) is 2. The number of rotatable bonds is 3. The van der Waals surface area contributed by atoms with Gasteiger partial charge in [-0.2, -0.15) is 0 Å². The van der Waals surface area contributed by atoms with Crippen LogP contribution in [0.3, 0.4) is 0 Å². The zero-order valence-electron chi connectivity index (χ0n) is 14.6. The average molecular weight is 368 g/mol. The molecule has 134 valence electrons. The van der Waals surface area contributed by atoms with Gasteiger partial charge in [0.1, 0.15) is 5.58 Å². The van der Waals surface area contributed by atoms with Crippen LogP contribution in [0.4, 0.5) is 0 Å². The van der Waals surface area contributed by atoms with E-state index in [1.807, 2.05) is 31.2 Å². The Morgan fingerprint density at radius 1 is 1.15 bits per heavy atom. The predicted molar refractivity (Wildman–Crippen MR) is 101 cm³/mol. The third-order valence-corrected chi connectivity index (χ3v) is 5.93. The van der Waals surface area contributed by atoms with E-state index in [1.165, 1.54) is 34.6 Å². The Labute approximate surface area is 155 Å². The molecule has 0 fully saturated rings. The zero-order chi connectivity index (χ0) is 18.1. The molecule has 0 bridgehead atoms. The van der Waals surface area contributed by atoms with Crippen molar-refractivity contribution in [3.05, 3.63) is 57.0 Å². The molecule has 1 aliphatic rings. The molecule has 4 rings (SSSR count). The highest BCUT2D eigenvalue weighted by Gasteiger charge is 2.18. The maximum absolute atomic E-state index is 12.3. The van der Waals surface area contributed by atoms with Gasteiger partial charge in [0, 0.05) is 15.8 Å². The molecule has 5 nitrogen and oxygen atoms in total. The van der Waals surface area contributed by atoms with Gasteiger partial charge in [0.25, 0.3) is 5.91 Å². The van der Waals surface area contributed by atoms with Crippen molar-refractivity contribution in [2.45, 2.75) is 39.0 Å². The van der Waals surface area contributed by atoms with E-state index in [0.29, 0.717) is 4.88 Å². The van der Waals surface area contributed by atoms with Gasteiger partial charge in [-0.3, -0.25) is 20.4 Å². The minimum Gasteiger partial charge on any atom is -0.464 e. The van der Waals surface area contributed by atoms with Gasteiger partial charge in [0.15, 0.2) is 0 Å². The number of fused-ring (bicyclic) bond motifs is 2. The number of furan rings is 1. The first kappa shape index (κ1) is 16.8. The van der Waals surface area contributed by atoms with E-state index >= 15 is 0 Å². The van der Waals surface area contributed by atoms with Crippen molar-refractivity contribution in [2.75, 3.05) is 0 Å². The molecule has 0 saturated carbocycles.